The van der Waals surface area contributed by atoms with Gasteiger partial charge in [0.1, 0.15) is 0 Å². The van der Waals surface area contributed by atoms with Crippen LogP contribution in [0.2, 0.25) is 0 Å². The highest BCUT2D eigenvalue weighted by Crippen LogP contribution is 2.27. The topological polar surface area (TPSA) is 130 Å². The highest BCUT2D eigenvalue weighted by atomic mass is 32.1. The molecule has 0 unspecified atom stereocenters. The lowest BCUT2D eigenvalue weighted by molar-refractivity contribution is -0.143. The van der Waals surface area contributed by atoms with Gasteiger partial charge in [-0.3, -0.25) is 19.4 Å². The number of para-hydroxylation sites is 2. The van der Waals surface area contributed by atoms with Crippen molar-refractivity contribution in [1.82, 2.24) is 14.9 Å². The first-order valence-electron chi connectivity index (χ1n) is 10.6. The van der Waals surface area contributed by atoms with E-state index >= 15 is 0 Å². The number of benzene rings is 2. The lowest BCUT2D eigenvalue weighted by Gasteiger charge is -2.25. The molecule has 4 aromatic rings. The maximum absolute atomic E-state index is 12.9. The molecule has 34 heavy (non-hydrogen) atoms. The number of hydrogen-bond donors (Lipinski definition) is 3. The van der Waals surface area contributed by atoms with Crippen LogP contribution in [0.15, 0.2) is 60.9 Å². The van der Waals surface area contributed by atoms with Gasteiger partial charge >= 0.3 is 11.8 Å². The van der Waals surface area contributed by atoms with Crippen molar-refractivity contribution < 1.29 is 14.4 Å². The number of nitrogens with one attached hydrogen (secondary N) is 2. The van der Waals surface area contributed by atoms with Gasteiger partial charge in [0.25, 0.3) is 5.91 Å². The third-order valence-corrected chi connectivity index (χ3v) is 6.63. The second kappa shape index (κ2) is 8.91. The summed E-state index contributed by atoms with van der Waals surface area (Å²) in [5.74, 6) is -1.71. The molecular weight excluding hydrogens is 452 g/mol. The highest BCUT2D eigenvalue weighted by Gasteiger charge is 2.29. The molecule has 0 radical (unpaired) electrons. The zero-order chi connectivity index (χ0) is 23.7. The number of aromatic nitrogens is 2. The van der Waals surface area contributed by atoms with E-state index in [2.05, 4.69) is 20.6 Å². The van der Waals surface area contributed by atoms with Crippen molar-refractivity contribution >= 4 is 56.9 Å². The number of thiazole rings is 1. The molecule has 1 aliphatic rings. The van der Waals surface area contributed by atoms with Crippen LogP contribution in [0.5, 0.6) is 0 Å². The standard InChI is InChI=1S/C24H20N6O3S/c25-16-5-1-2-6-18(16)28-21(31)23-29-19-9-11-30(13-20(19)34-23)24(33)22(32)27-17-7-3-4-14-12-26-10-8-15(14)17/h1-8,10,12H,9,11,13,25H2,(H,27,32)(H,28,31). The van der Waals surface area contributed by atoms with E-state index in [1.165, 1.54) is 16.2 Å². The Morgan fingerprint density at radius 2 is 1.82 bits per heavy atom. The number of pyridine rings is 1. The third-order valence-electron chi connectivity index (χ3n) is 5.54. The summed E-state index contributed by atoms with van der Waals surface area (Å²) in [6.45, 7) is 0.564. The van der Waals surface area contributed by atoms with E-state index in [1.54, 1.807) is 54.9 Å². The summed E-state index contributed by atoms with van der Waals surface area (Å²) in [6.07, 6.45) is 3.80. The van der Waals surface area contributed by atoms with E-state index in [9.17, 15) is 14.4 Å². The summed E-state index contributed by atoms with van der Waals surface area (Å²) in [5.41, 5.74) is 8.18. The number of anilines is 3. The van der Waals surface area contributed by atoms with Crippen molar-refractivity contribution in [3.8, 4) is 0 Å². The number of nitrogens with zero attached hydrogens (tertiary/aromatic N) is 3. The molecule has 0 saturated heterocycles. The zero-order valence-electron chi connectivity index (χ0n) is 17.9. The van der Waals surface area contributed by atoms with Gasteiger partial charge in [0.05, 0.1) is 23.6 Å². The van der Waals surface area contributed by atoms with Crippen molar-refractivity contribution in [2.24, 2.45) is 0 Å². The molecule has 2 aromatic carbocycles. The number of carbonyl (C=O) groups is 3. The van der Waals surface area contributed by atoms with Gasteiger partial charge in [-0.25, -0.2) is 4.98 Å². The molecule has 170 valence electrons. The second-order valence-corrected chi connectivity index (χ2v) is 8.85. The average molecular weight is 473 g/mol. The number of carbonyl (C=O) groups excluding carboxylic acids is 3. The predicted molar refractivity (Wildman–Crippen MR) is 130 cm³/mol. The van der Waals surface area contributed by atoms with Crippen LogP contribution in [-0.4, -0.2) is 39.1 Å². The van der Waals surface area contributed by atoms with Crippen LogP contribution >= 0.6 is 11.3 Å². The minimum absolute atomic E-state index is 0.222. The Balaban J connectivity index is 1.27. The number of hydrogen-bond acceptors (Lipinski definition) is 7. The Hall–Kier alpha value is -4.31. The lowest BCUT2D eigenvalue weighted by atomic mass is 10.1. The Bertz CT molecular complexity index is 1430. The minimum atomic E-state index is -0.713. The molecule has 3 amide bonds. The molecule has 5 rings (SSSR count). The molecular formula is C24H20N6O3S. The van der Waals surface area contributed by atoms with Gasteiger partial charge < -0.3 is 21.3 Å². The molecule has 0 bridgehead atoms. The highest BCUT2D eigenvalue weighted by molar-refractivity contribution is 7.13. The fourth-order valence-corrected chi connectivity index (χ4v) is 4.82. The van der Waals surface area contributed by atoms with E-state index < -0.39 is 11.8 Å². The summed E-state index contributed by atoms with van der Waals surface area (Å²) in [7, 11) is 0. The van der Waals surface area contributed by atoms with Crippen molar-refractivity contribution in [1.29, 1.82) is 0 Å². The molecule has 0 atom stereocenters. The van der Waals surface area contributed by atoms with Gasteiger partial charge in [-0.1, -0.05) is 24.3 Å². The predicted octanol–water partition coefficient (Wildman–Crippen LogP) is 3.05. The third kappa shape index (κ3) is 4.18. The Morgan fingerprint density at radius 3 is 2.68 bits per heavy atom. The molecule has 4 N–H and O–H groups in total. The molecule has 1 aliphatic heterocycles. The van der Waals surface area contributed by atoms with Crippen molar-refractivity contribution in [3.05, 3.63) is 76.5 Å². The van der Waals surface area contributed by atoms with Gasteiger partial charge in [-0.2, -0.15) is 0 Å². The fourth-order valence-electron chi connectivity index (χ4n) is 3.80. The second-order valence-electron chi connectivity index (χ2n) is 7.76. The quantitative estimate of drug-likeness (QED) is 0.310. The van der Waals surface area contributed by atoms with E-state index in [0.29, 0.717) is 30.0 Å². The summed E-state index contributed by atoms with van der Waals surface area (Å²) >= 11 is 1.21. The van der Waals surface area contributed by atoms with Crippen molar-refractivity contribution in [2.45, 2.75) is 13.0 Å². The van der Waals surface area contributed by atoms with Gasteiger partial charge in [-0.15, -0.1) is 11.3 Å². The van der Waals surface area contributed by atoms with Gasteiger partial charge in [-0.05, 0) is 24.3 Å². The smallest absolute Gasteiger partial charge is 0.313 e. The fraction of sp³-hybridized carbons (Fsp3) is 0.125. The van der Waals surface area contributed by atoms with Crippen LogP contribution < -0.4 is 16.4 Å². The number of nitrogens with two attached hydrogens (primary N) is 1. The Morgan fingerprint density at radius 1 is 1.00 bits per heavy atom. The molecule has 0 saturated carbocycles. The number of nitrogen functional groups attached to an aromatic ring is 1. The number of fused-ring (bicyclic) bond motifs is 2. The monoisotopic (exact) mass is 472 g/mol. The number of rotatable bonds is 3. The first-order chi connectivity index (χ1) is 16.5. The van der Waals surface area contributed by atoms with E-state index in [-0.39, 0.29) is 17.5 Å². The minimum Gasteiger partial charge on any atom is -0.397 e. The molecule has 2 aromatic heterocycles. The Kier molecular flexibility index (Phi) is 5.64. The van der Waals surface area contributed by atoms with E-state index in [4.69, 9.17) is 5.73 Å². The first kappa shape index (κ1) is 21.5. The van der Waals surface area contributed by atoms with Gasteiger partial charge in [0, 0.05) is 46.7 Å². The van der Waals surface area contributed by atoms with Gasteiger partial charge in [0.15, 0.2) is 5.01 Å². The summed E-state index contributed by atoms with van der Waals surface area (Å²) in [6, 6.07) is 14.2. The maximum atomic E-state index is 12.9. The first-order valence-corrected chi connectivity index (χ1v) is 11.4. The van der Waals surface area contributed by atoms with Crippen molar-refractivity contribution in [2.75, 3.05) is 22.9 Å². The summed E-state index contributed by atoms with van der Waals surface area (Å²) in [4.78, 5) is 49.0. The van der Waals surface area contributed by atoms with Crippen LogP contribution in [0.1, 0.15) is 20.4 Å². The average Bonchev–Trinajstić information content (AvgIpc) is 3.29. The normalized spacial score (nSPS) is 12.8. The van der Waals surface area contributed by atoms with Crippen LogP contribution in [0.3, 0.4) is 0 Å². The summed E-state index contributed by atoms with van der Waals surface area (Å²) in [5, 5.41) is 7.44. The molecule has 10 heteroatoms. The van der Waals surface area contributed by atoms with E-state index in [1.807, 2.05) is 6.07 Å². The van der Waals surface area contributed by atoms with Crippen molar-refractivity contribution in [3.63, 3.8) is 0 Å². The van der Waals surface area contributed by atoms with Crippen LogP contribution in [0.25, 0.3) is 10.8 Å². The largest absolute Gasteiger partial charge is 0.397 e. The molecule has 0 fully saturated rings. The molecule has 0 spiro atoms. The van der Waals surface area contributed by atoms with Crippen LogP contribution in [0.4, 0.5) is 17.1 Å². The molecule has 9 nitrogen and oxygen atoms in total. The zero-order valence-corrected chi connectivity index (χ0v) is 18.8. The molecule has 0 aliphatic carbocycles. The van der Waals surface area contributed by atoms with Crippen LogP contribution in [0, 0.1) is 0 Å². The summed E-state index contributed by atoms with van der Waals surface area (Å²) < 4.78 is 0. The van der Waals surface area contributed by atoms with E-state index in [0.717, 1.165) is 21.3 Å². The molecule has 3 heterocycles. The Labute approximate surface area is 198 Å². The van der Waals surface area contributed by atoms with Gasteiger partial charge in [0.2, 0.25) is 0 Å². The van der Waals surface area contributed by atoms with Crippen LogP contribution in [-0.2, 0) is 22.6 Å². The maximum Gasteiger partial charge on any atom is 0.313 e. The number of amides is 3. The SMILES string of the molecule is Nc1ccccc1NC(=O)c1nc2c(s1)CN(C(=O)C(=O)Nc1cccc3cnccc13)CC2. The lowest BCUT2D eigenvalue weighted by Crippen LogP contribution is -2.42.